The Labute approximate surface area is 216 Å². The summed E-state index contributed by atoms with van der Waals surface area (Å²) in [5.74, 6) is 2.41. The second-order valence-corrected chi connectivity index (χ2v) is 8.40. The molecule has 0 amide bonds. The van der Waals surface area contributed by atoms with Crippen molar-refractivity contribution in [3.8, 4) is 0 Å². The number of aromatic nitrogens is 2. The highest BCUT2D eigenvalue weighted by molar-refractivity contribution is 14.0. The van der Waals surface area contributed by atoms with Gasteiger partial charge in [0, 0.05) is 84.6 Å². The zero-order valence-electron chi connectivity index (χ0n) is 20.1. The molecule has 0 atom stereocenters. The van der Waals surface area contributed by atoms with Crippen LogP contribution in [0, 0.1) is 5.92 Å². The minimum atomic E-state index is 0. The van der Waals surface area contributed by atoms with Crippen LogP contribution in [0.2, 0.25) is 0 Å². The molecule has 0 radical (unpaired) electrons. The zero-order valence-corrected chi connectivity index (χ0v) is 22.4. The third-order valence-corrected chi connectivity index (χ3v) is 5.91. The Morgan fingerprint density at radius 3 is 2.61 bits per heavy atom. The third-order valence-electron chi connectivity index (χ3n) is 5.91. The van der Waals surface area contributed by atoms with Crippen molar-refractivity contribution in [3.63, 3.8) is 0 Å². The van der Waals surface area contributed by atoms with Crippen molar-refractivity contribution < 1.29 is 9.47 Å². The van der Waals surface area contributed by atoms with Crippen molar-refractivity contribution in [1.29, 1.82) is 0 Å². The van der Waals surface area contributed by atoms with E-state index in [0.717, 1.165) is 116 Å². The summed E-state index contributed by atoms with van der Waals surface area (Å²) in [7, 11) is 0. The number of hydrogen-bond acceptors (Lipinski definition) is 7. The molecule has 2 aliphatic rings. The Hall–Kier alpha value is -1.24. The normalized spacial score (nSPS) is 18.1. The molecule has 1 aromatic heterocycles. The highest BCUT2D eigenvalue weighted by atomic mass is 127. The van der Waals surface area contributed by atoms with Crippen molar-refractivity contribution in [1.82, 2.24) is 25.5 Å². The second kappa shape index (κ2) is 17.2. The highest BCUT2D eigenvalue weighted by Gasteiger charge is 2.18. The van der Waals surface area contributed by atoms with Crippen LogP contribution in [0.1, 0.15) is 32.6 Å². The maximum atomic E-state index is 5.83. The summed E-state index contributed by atoms with van der Waals surface area (Å²) in [5.41, 5.74) is 0. The molecule has 2 saturated heterocycles. The summed E-state index contributed by atoms with van der Waals surface area (Å²) in [6.07, 6.45) is 7.93. The summed E-state index contributed by atoms with van der Waals surface area (Å²) in [4.78, 5) is 18.2. The van der Waals surface area contributed by atoms with Gasteiger partial charge in [0.15, 0.2) is 5.96 Å². The second-order valence-electron chi connectivity index (χ2n) is 8.40. The average molecular weight is 576 g/mol. The molecule has 2 fully saturated rings. The Kier molecular flexibility index (Phi) is 14.6. The van der Waals surface area contributed by atoms with Crippen molar-refractivity contribution in [3.05, 3.63) is 18.5 Å². The van der Waals surface area contributed by atoms with Crippen LogP contribution in [-0.4, -0.2) is 99.6 Å². The zero-order chi connectivity index (χ0) is 22.3. The van der Waals surface area contributed by atoms with Gasteiger partial charge < -0.3 is 25.0 Å². The van der Waals surface area contributed by atoms with Crippen LogP contribution in [0.3, 0.4) is 0 Å². The van der Waals surface area contributed by atoms with E-state index in [1.807, 2.05) is 18.5 Å². The summed E-state index contributed by atoms with van der Waals surface area (Å²) in [6, 6.07) is 1.86. The van der Waals surface area contributed by atoms with Gasteiger partial charge in [0.25, 0.3) is 0 Å². The number of guanidine groups is 1. The minimum absolute atomic E-state index is 0. The first-order chi connectivity index (χ1) is 15.8. The number of ether oxygens (including phenoxy) is 2. The van der Waals surface area contributed by atoms with Gasteiger partial charge in [-0.15, -0.1) is 24.0 Å². The first-order valence-corrected chi connectivity index (χ1v) is 12.3. The lowest BCUT2D eigenvalue weighted by Gasteiger charge is -2.34. The number of piperazine rings is 1. The van der Waals surface area contributed by atoms with Gasteiger partial charge in [-0.25, -0.2) is 9.97 Å². The Balaban J connectivity index is 0.00000385. The van der Waals surface area contributed by atoms with Gasteiger partial charge in [-0.1, -0.05) is 0 Å². The van der Waals surface area contributed by atoms with Gasteiger partial charge in [0.1, 0.15) is 0 Å². The van der Waals surface area contributed by atoms with E-state index in [1.54, 1.807) is 0 Å². The van der Waals surface area contributed by atoms with Crippen LogP contribution < -0.4 is 15.5 Å². The van der Waals surface area contributed by atoms with Crippen molar-refractivity contribution in [2.75, 3.05) is 83.7 Å². The topological polar surface area (TPSA) is 87.1 Å². The van der Waals surface area contributed by atoms with Gasteiger partial charge in [0.2, 0.25) is 5.95 Å². The lowest BCUT2D eigenvalue weighted by atomic mass is 10.0. The van der Waals surface area contributed by atoms with Crippen LogP contribution in [0.5, 0.6) is 0 Å². The van der Waals surface area contributed by atoms with E-state index >= 15 is 0 Å². The Bertz CT molecular complexity index is 639. The van der Waals surface area contributed by atoms with Crippen molar-refractivity contribution >= 4 is 35.9 Å². The number of rotatable bonds is 12. The maximum Gasteiger partial charge on any atom is 0.225 e. The number of halogens is 1. The van der Waals surface area contributed by atoms with E-state index < -0.39 is 0 Å². The van der Waals surface area contributed by atoms with Gasteiger partial charge in [0.05, 0.1) is 0 Å². The van der Waals surface area contributed by atoms with Gasteiger partial charge >= 0.3 is 0 Å². The van der Waals surface area contributed by atoms with E-state index in [0.29, 0.717) is 5.92 Å². The third kappa shape index (κ3) is 11.2. The largest absolute Gasteiger partial charge is 0.381 e. The number of hydrogen-bond donors (Lipinski definition) is 2. The monoisotopic (exact) mass is 575 g/mol. The molecule has 188 valence electrons. The summed E-state index contributed by atoms with van der Waals surface area (Å²) in [5, 5.41) is 6.80. The van der Waals surface area contributed by atoms with Crippen LogP contribution in [0.4, 0.5) is 5.95 Å². The van der Waals surface area contributed by atoms with Crippen LogP contribution in [0.15, 0.2) is 23.5 Å². The fourth-order valence-electron chi connectivity index (χ4n) is 4.00. The molecule has 3 rings (SSSR count). The summed E-state index contributed by atoms with van der Waals surface area (Å²) in [6.45, 7) is 13.3. The van der Waals surface area contributed by atoms with Crippen LogP contribution in [0.25, 0.3) is 0 Å². The Morgan fingerprint density at radius 2 is 1.88 bits per heavy atom. The minimum Gasteiger partial charge on any atom is -0.381 e. The molecular weight excluding hydrogens is 533 g/mol. The first-order valence-electron chi connectivity index (χ1n) is 12.3. The molecule has 0 saturated carbocycles. The van der Waals surface area contributed by atoms with Crippen molar-refractivity contribution in [2.24, 2.45) is 10.9 Å². The molecule has 9 nitrogen and oxygen atoms in total. The highest BCUT2D eigenvalue weighted by Crippen LogP contribution is 2.14. The predicted molar refractivity (Wildman–Crippen MR) is 144 cm³/mol. The smallest absolute Gasteiger partial charge is 0.225 e. The van der Waals surface area contributed by atoms with Gasteiger partial charge in [-0.3, -0.25) is 9.89 Å². The fourth-order valence-corrected chi connectivity index (χ4v) is 4.00. The molecule has 3 heterocycles. The lowest BCUT2D eigenvalue weighted by molar-refractivity contribution is 0.0205. The quantitative estimate of drug-likeness (QED) is 0.170. The molecule has 10 heteroatoms. The molecule has 0 bridgehead atoms. The molecular formula is C23H42IN7O2. The standard InChI is InChI=1S/C23H41N7O2.HI/c1-2-24-22(26-11-5-17-32-20-21-6-18-31-19-7-21)25-10-4-12-29-13-15-30(16-14-29)23-27-8-3-9-28-23;/h3,8-9,21H,2,4-7,10-20H2,1H3,(H2,24,25,26);1H. The van der Waals surface area contributed by atoms with E-state index in [1.165, 1.54) is 0 Å². The summed E-state index contributed by atoms with van der Waals surface area (Å²) >= 11 is 0. The van der Waals surface area contributed by atoms with Gasteiger partial charge in [-0.05, 0) is 51.1 Å². The van der Waals surface area contributed by atoms with Crippen LogP contribution >= 0.6 is 24.0 Å². The fraction of sp³-hybridized carbons (Fsp3) is 0.783. The molecule has 0 aliphatic carbocycles. The average Bonchev–Trinajstić information content (AvgIpc) is 2.85. The summed E-state index contributed by atoms with van der Waals surface area (Å²) < 4.78 is 11.2. The number of nitrogens with one attached hydrogen (secondary N) is 2. The van der Waals surface area contributed by atoms with E-state index in [4.69, 9.17) is 9.47 Å². The molecule has 1 aromatic rings. The van der Waals surface area contributed by atoms with Crippen molar-refractivity contribution in [2.45, 2.75) is 32.6 Å². The van der Waals surface area contributed by atoms with E-state index in [2.05, 4.69) is 42.3 Å². The lowest BCUT2D eigenvalue weighted by Crippen LogP contribution is -2.47. The Morgan fingerprint density at radius 1 is 1.12 bits per heavy atom. The van der Waals surface area contributed by atoms with Crippen LogP contribution in [-0.2, 0) is 9.47 Å². The molecule has 2 aliphatic heterocycles. The van der Waals surface area contributed by atoms with E-state index in [-0.39, 0.29) is 24.0 Å². The first kappa shape index (κ1) is 28.0. The SMILES string of the molecule is CCNC(=NCCCOCC1CCOCC1)NCCCN1CCN(c2ncccn2)CC1.I. The molecule has 0 spiro atoms. The number of anilines is 1. The number of aliphatic imine (C=N–C) groups is 1. The van der Waals surface area contributed by atoms with E-state index in [9.17, 15) is 0 Å². The predicted octanol–water partition coefficient (Wildman–Crippen LogP) is 2.00. The molecule has 0 unspecified atom stereocenters. The number of nitrogens with zero attached hydrogens (tertiary/aromatic N) is 5. The molecule has 33 heavy (non-hydrogen) atoms. The van der Waals surface area contributed by atoms with Gasteiger partial charge in [-0.2, -0.15) is 0 Å². The molecule has 0 aromatic carbocycles. The maximum absolute atomic E-state index is 5.83. The molecule has 2 N–H and O–H groups in total.